The average molecular weight is 232 g/mol. The van der Waals surface area contributed by atoms with Crippen LogP contribution >= 0.6 is 0 Å². The van der Waals surface area contributed by atoms with Gasteiger partial charge in [-0.25, -0.2) is 14.2 Å². The van der Waals surface area contributed by atoms with Crippen molar-refractivity contribution in [3.8, 4) is 0 Å². The molecule has 88 valence electrons. The maximum atomic E-state index is 13.2. The number of allylic oxidation sites excluding steroid dienone is 1. The molecular weight excluding hydrogens is 219 g/mol. The number of hydrogen-bond acceptors (Lipinski definition) is 2. The lowest BCUT2D eigenvalue weighted by molar-refractivity contribution is 0.629. The van der Waals surface area contributed by atoms with Gasteiger partial charge < -0.3 is 0 Å². The molecule has 17 heavy (non-hydrogen) atoms. The molecule has 2 rings (SSSR count). The van der Waals surface area contributed by atoms with E-state index in [1.165, 1.54) is 22.9 Å². The predicted octanol–water partition coefficient (Wildman–Crippen LogP) is 2.81. The molecule has 1 heterocycles. The third-order valence-corrected chi connectivity index (χ3v) is 2.48. The van der Waals surface area contributed by atoms with E-state index in [4.69, 9.17) is 0 Å². The highest BCUT2D eigenvalue weighted by Gasteiger charge is 2.02. The summed E-state index contributed by atoms with van der Waals surface area (Å²) in [6, 6.07) is 4.31. The molecule has 0 bridgehead atoms. The van der Waals surface area contributed by atoms with Gasteiger partial charge in [-0.3, -0.25) is 4.57 Å². The quantitative estimate of drug-likeness (QED) is 0.815. The fourth-order valence-electron chi connectivity index (χ4n) is 1.62. The van der Waals surface area contributed by atoms with E-state index in [0.717, 1.165) is 18.2 Å². The van der Waals surface area contributed by atoms with Crippen LogP contribution in [0.2, 0.25) is 0 Å². The highest BCUT2D eigenvalue weighted by Crippen LogP contribution is 2.13. The predicted molar refractivity (Wildman–Crippen MR) is 66.2 cm³/mol. The third kappa shape index (κ3) is 2.41. The van der Waals surface area contributed by atoms with Gasteiger partial charge in [-0.15, -0.1) is 0 Å². The summed E-state index contributed by atoms with van der Waals surface area (Å²) in [6.45, 7) is 2.05. The summed E-state index contributed by atoms with van der Waals surface area (Å²) in [5.41, 5.74) is 0.146. The van der Waals surface area contributed by atoms with E-state index in [1.54, 1.807) is 12.3 Å². The molecule has 0 saturated heterocycles. The highest BCUT2D eigenvalue weighted by atomic mass is 19.1. The van der Waals surface area contributed by atoms with E-state index in [-0.39, 0.29) is 5.82 Å². The summed E-state index contributed by atoms with van der Waals surface area (Å²) in [6.07, 6.45) is 6.87. The standard InChI is InChI=1S/C13H13FN2O/c1-2-3-4-7-16-12-8-11(14)6-5-10(12)9-15-13(16)17/h4-9H,2-3H2,1H3. The Morgan fingerprint density at radius 3 is 3.06 bits per heavy atom. The first-order valence-corrected chi connectivity index (χ1v) is 5.56. The first-order valence-electron chi connectivity index (χ1n) is 5.56. The van der Waals surface area contributed by atoms with Crippen molar-refractivity contribution < 1.29 is 4.39 Å². The second-order valence-electron chi connectivity index (χ2n) is 3.79. The Bertz CT molecular complexity index is 616. The van der Waals surface area contributed by atoms with Crippen LogP contribution < -0.4 is 5.69 Å². The van der Waals surface area contributed by atoms with Gasteiger partial charge in [0.15, 0.2) is 0 Å². The number of fused-ring (bicyclic) bond motifs is 1. The molecule has 3 nitrogen and oxygen atoms in total. The average Bonchev–Trinajstić information content (AvgIpc) is 2.32. The van der Waals surface area contributed by atoms with Gasteiger partial charge in [0.1, 0.15) is 5.82 Å². The fraction of sp³-hybridized carbons (Fsp3) is 0.231. The van der Waals surface area contributed by atoms with E-state index in [2.05, 4.69) is 4.98 Å². The monoisotopic (exact) mass is 232 g/mol. The van der Waals surface area contributed by atoms with E-state index < -0.39 is 5.69 Å². The summed E-state index contributed by atoms with van der Waals surface area (Å²) < 4.78 is 14.5. The molecule has 4 heteroatoms. The Morgan fingerprint density at radius 2 is 2.29 bits per heavy atom. The first-order chi connectivity index (χ1) is 8.22. The van der Waals surface area contributed by atoms with E-state index in [9.17, 15) is 9.18 Å². The van der Waals surface area contributed by atoms with Crippen molar-refractivity contribution >= 4 is 17.1 Å². The van der Waals surface area contributed by atoms with Crippen molar-refractivity contribution in [1.29, 1.82) is 0 Å². The molecule has 1 aromatic carbocycles. The van der Waals surface area contributed by atoms with Crippen LogP contribution in [0, 0.1) is 5.82 Å². The lowest BCUT2D eigenvalue weighted by Gasteiger charge is -2.04. The Balaban J connectivity index is 2.62. The lowest BCUT2D eigenvalue weighted by atomic mass is 10.2. The Hall–Kier alpha value is -1.97. The van der Waals surface area contributed by atoms with Gasteiger partial charge in [-0.1, -0.05) is 19.4 Å². The normalized spacial score (nSPS) is 11.4. The van der Waals surface area contributed by atoms with Gasteiger partial charge in [-0.05, 0) is 24.6 Å². The number of hydrogen-bond donors (Lipinski definition) is 0. The summed E-state index contributed by atoms with van der Waals surface area (Å²) in [5, 5.41) is 0.743. The van der Waals surface area contributed by atoms with Crippen LogP contribution in [0.5, 0.6) is 0 Å². The number of nitrogens with zero attached hydrogens (tertiary/aromatic N) is 2. The minimum absolute atomic E-state index is 0.360. The zero-order valence-corrected chi connectivity index (χ0v) is 9.56. The minimum atomic E-state index is -0.393. The second-order valence-corrected chi connectivity index (χ2v) is 3.79. The van der Waals surface area contributed by atoms with Gasteiger partial charge in [-0.2, -0.15) is 0 Å². The van der Waals surface area contributed by atoms with Crippen LogP contribution in [-0.2, 0) is 0 Å². The summed E-state index contributed by atoms with van der Waals surface area (Å²) in [5.74, 6) is -0.360. The van der Waals surface area contributed by atoms with Crippen molar-refractivity contribution in [1.82, 2.24) is 9.55 Å². The van der Waals surface area contributed by atoms with Crippen LogP contribution in [-0.4, -0.2) is 9.55 Å². The molecule has 0 aliphatic heterocycles. The van der Waals surface area contributed by atoms with Crippen molar-refractivity contribution in [2.75, 3.05) is 0 Å². The summed E-state index contributed by atoms with van der Waals surface area (Å²) in [4.78, 5) is 15.4. The number of benzene rings is 1. The fourth-order valence-corrected chi connectivity index (χ4v) is 1.62. The minimum Gasteiger partial charge on any atom is -0.268 e. The zero-order valence-electron chi connectivity index (χ0n) is 9.56. The van der Waals surface area contributed by atoms with E-state index >= 15 is 0 Å². The van der Waals surface area contributed by atoms with Gasteiger partial charge >= 0.3 is 5.69 Å². The summed E-state index contributed by atoms with van der Waals surface area (Å²) in [7, 11) is 0. The Kier molecular flexibility index (Phi) is 3.32. The van der Waals surface area contributed by atoms with Crippen molar-refractivity contribution in [3.63, 3.8) is 0 Å². The smallest absolute Gasteiger partial charge is 0.268 e. The number of unbranched alkanes of at least 4 members (excludes halogenated alkanes) is 1. The molecule has 0 aliphatic rings. The van der Waals surface area contributed by atoms with Crippen molar-refractivity contribution in [2.24, 2.45) is 0 Å². The maximum absolute atomic E-state index is 13.2. The molecular formula is C13H13FN2O. The molecule has 2 aromatic rings. The molecule has 0 unspecified atom stereocenters. The molecule has 0 fully saturated rings. The molecule has 0 aliphatic carbocycles. The number of halogens is 1. The maximum Gasteiger partial charge on any atom is 0.352 e. The second kappa shape index (κ2) is 4.91. The molecule has 0 N–H and O–H groups in total. The van der Waals surface area contributed by atoms with Crippen LogP contribution in [0.4, 0.5) is 4.39 Å². The Morgan fingerprint density at radius 1 is 1.47 bits per heavy atom. The molecule has 0 amide bonds. The van der Waals surface area contributed by atoms with Crippen LogP contribution in [0.25, 0.3) is 17.1 Å². The van der Waals surface area contributed by atoms with Gasteiger partial charge in [0.05, 0.1) is 5.52 Å². The van der Waals surface area contributed by atoms with Crippen molar-refractivity contribution in [3.05, 3.63) is 46.8 Å². The third-order valence-electron chi connectivity index (χ3n) is 2.48. The van der Waals surface area contributed by atoms with E-state index in [1.807, 2.05) is 13.0 Å². The molecule has 0 spiro atoms. The molecule has 0 saturated carbocycles. The van der Waals surface area contributed by atoms with Gasteiger partial charge in [0.25, 0.3) is 0 Å². The highest BCUT2D eigenvalue weighted by molar-refractivity contribution is 5.79. The van der Waals surface area contributed by atoms with E-state index in [0.29, 0.717) is 5.52 Å². The number of aromatic nitrogens is 2. The first kappa shape index (κ1) is 11.5. The lowest BCUT2D eigenvalue weighted by Crippen LogP contribution is -2.18. The van der Waals surface area contributed by atoms with Gasteiger partial charge in [0, 0.05) is 17.8 Å². The SMILES string of the molecule is CCCC=Cn1c(=O)ncc2ccc(F)cc21. The molecule has 0 radical (unpaired) electrons. The van der Waals surface area contributed by atoms with Crippen LogP contribution in [0.3, 0.4) is 0 Å². The van der Waals surface area contributed by atoms with Crippen LogP contribution in [0.15, 0.2) is 35.3 Å². The Labute approximate surface area is 98.2 Å². The number of rotatable bonds is 3. The van der Waals surface area contributed by atoms with Gasteiger partial charge in [0.2, 0.25) is 0 Å². The molecule has 1 aromatic heterocycles. The molecule has 0 atom stereocenters. The van der Waals surface area contributed by atoms with Crippen molar-refractivity contribution in [2.45, 2.75) is 19.8 Å². The largest absolute Gasteiger partial charge is 0.352 e. The summed E-state index contributed by atoms with van der Waals surface area (Å²) >= 11 is 0. The topological polar surface area (TPSA) is 34.9 Å². The zero-order chi connectivity index (χ0) is 12.3. The van der Waals surface area contributed by atoms with Crippen LogP contribution in [0.1, 0.15) is 19.8 Å².